The summed E-state index contributed by atoms with van der Waals surface area (Å²) < 4.78 is 20.2. The van der Waals surface area contributed by atoms with E-state index < -0.39 is 0 Å². The smallest absolute Gasteiger partial charge is 0.339 e. The first-order valence-electron chi connectivity index (χ1n) is 9.51. The topological polar surface area (TPSA) is 43.6 Å². The van der Waals surface area contributed by atoms with E-state index in [1.807, 2.05) is 10.5 Å². The van der Waals surface area contributed by atoms with Crippen molar-refractivity contribution < 1.29 is 13.9 Å². The quantitative estimate of drug-likeness (QED) is 0.607. The van der Waals surface area contributed by atoms with E-state index in [9.17, 15) is 9.18 Å². The van der Waals surface area contributed by atoms with Gasteiger partial charge in [-0.05, 0) is 48.7 Å². The molecule has 1 fully saturated rings. The Morgan fingerprint density at radius 2 is 1.89 bits per heavy atom. The number of ether oxygens (including phenoxy) is 1. The van der Waals surface area contributed by atoms with E-state index in [2.05, 4.69) is 0 Å². The van der Waals surface area contributed by atoms with Gasteiger partial charge in [0.1, 0.15) is 11.5 Å². The third-order valence-corrected chi connectivity index (χ3v) is 5.46. The van der Waals surface area contributed by atoms with Gasteiger partial charge >= 0.3 is 5.97 Å². The molecule has 1 aromatic carbocycles. The van der Waals surface area contributed by atoms with Crippen LogP contribution in [-0.4, -0.2) is 22.5 Å². The maximum atomic E-state index is 13.4. The summed E-state index contributed by atoms with van der Waals surface area (Å²) in [6, 6.07) is 10.0. The molecule has 1 aliphatic carbocycles. The fourth-order valence-corrected chi connectivity index (χ4v) is 4.03. The Morgan fingerprint density at radius 1 is 1.15 bits per heavy atom. The van der Waals surface area contributed by atoms with E-state index in [0.717, 1.165) is 29.0 Å². The zero-order chi connectivity index (χ0) is 18.8. The van der Waals surface area contributed by atoms with E-state index in [1.54, 1.807) is 24.4 Å². The highest BCUT2D eigenvalue weighted by molar-refractivity contribution is 5.89. The van der Waals surface area contributed by atoms with Crippen molar-refractivity contribution in [2.45, 2.75) is 38.5 Å². The van der Waals surface area contributed by atoms with Crippen molar-refractivity contribution in [1.29, 1.82) is 0 Å². The number of imidazole rings is 1. The summed E-state index contributed by atoms with van der Waals surface area (Å²) in [7, 11) is 1.38. The number of hydrogen-bond acceptors (Lipinski definition) is 3. The van der Waals surface area contributed by atoms with Gasteiger partial charge in [-0.1, -0.05) is 32.1 Å². The number of aromatic nitrogens is 2. The summed E-state index contributed by atoms with van der Waals surface area (Å²) in [4.78, 5) is 16.8. The molecule has 0 unspecified atom stereocenters. The van der Waals surface area contributed by atoms with E-state index in [0.29, 0.717) is 11.5 Å². The van der Waals surface area contributed by atoms with Crippen LogP contribution in [0.5, 0.6) is 0 Å². The Hall–Kier alpha value is -2.69. The van der Waals surface area contributed by atoms with Crippen LogP contribution in [0.15, 0.2) is 42.6 Å². The van der Waals surface area contributed by atoms with Gasteiger partial charge in [-0.2, -0.15) is 0 Å². The fourth-order valence-electron chi connectivity index (χ4n) is 4.03. The molecule has 1 saturated carbocycles. The molecule has 0 saturated heterocycles. The van der Waals surface area contributed by atoms with Crippen LogP contribution < -0.4 is 0 Å². The third-order valence-electron chi connectivity index (χ3n) is 5.46. The molecule has 5 heteroatoms. The van der Waals surface area contributed by atoms with Gasteiger partial charge in [0.05, 0.1) is 24.1 Å². The molecule has 3 aromatic rings. The Labute approximate surface area is 158 Å². The SMILES string of the molecule is COC(=O)c1ccc2nc(-c3ccc(F)cc3)c(CC3CCCCC3)n2c1. The minimum absolute atomic E-state index is 0.260. The van der Waals surface area contributed by atoms with Crippen LogP contribution >= 0.6 is 0 Å². The first-order chi connectivity index (χ1) is 13.2. The van der Waals surface area contributed by atoms with Crippen LogP contribution in [0.2, 0.25) is 0 Å². The molecule has 4 nitrogen and oxygen atoms in total. The average Bonchev–Trinajstić information content (AvgIpc) is 3.06. The van der Waals surface area contributed by atoms with Crippen LogP contribution in [0, 0.1) is 11.7 Å². The number of pyridine rings is 1. The molecule has 2 heterocycles. The maximum absolute atomic E-state index is 13.4. The number of benzene rings is 1. The molecule has 27 heavy (non-hydrogen) atoms. The number of halogens is 1. The highest BCUT2D eigenvalue weighted by Crippen LogP contribution is 2.32. The summed E-state index contributed by atoms with van der Waals surface area (Å²) in [6.45, 7) is 0. The van der Waals surface area contributed by atoms with Crippen LogP contribution in [-0.2, 0) is 11.2 Å². The number of nitrogens with zero attached hydrogens (tertiary/aromatic N) is 2. The molecule has 0 radical (unpaired) electrons. The van der Waals surface area contributed by atoms with Crippen LogP contribution in [0.1, 0.15) is 48.2 Å². The molecule has 0 N–H and O–H groups in total. The second-order valence-corrected chi connectivity index (χ2v) is 7.26. The zero-order valence-electron chi connectivity index (χ0n) is 15.5. The summed E-state index contributed by atoms with van der Waals surface area (Å²) in [5, 5.41) is 0. The van der Waals surface area contributed by atoms with Crippen molar-refractivity contribution in [2.75, 3.05) is 7.11 Å². The molecule has 2 aromatic heterocycles. The number of esters is 1. The molecule has 0 amide bonds. The number of fused-ring (bicyclic) bond motifs is 1. The lowest BCUT2D eigenvalue weighted by Crippen LogP contribution is -2.12. The second-order valence-electron chi connectivity index (χ2n) is 7.26. The number of hydrogen-bond donors (Lipinski definition) is 0. The standard InChI is InChI=1S/C22H23FN2O2/c1-27-22(26)17-9-12-20-24-21(16-7-10-18(23)11-8-16)19(25(20)14-17)13-15-5-3-2-4-6-15/h7-12,14-15H,2-6,13H2,1H3. The fraction of sp³-hybridized carbons (Fsp3) is 0.364. The van der Waals surface area contributed by atoms with Crippen molar-refractivity contribution in [2.24, 2.45) is 5.92 Å². The number of rotatable bonds is 4. The highest BCUT2D eigenvalue weighted by Gasteiger charge is 2.21. The van der Waals surface area contributed by atoms with Gasteiger partial charge in [-0.3, -0.25) is 0 Å². The third kappa shape index (κ3) is 3.59. The van der Waals surface area contributed by atoms with E-state index in [1.165, 1.54) is 51.3 Å². The van der Waals surface area contributed by atoms with Gasteiger partial charge in [0.15, 0.2) is 0 Å². The first kappa shape index (κ1) is 17.7. The maximum Gasteiger partial charge on any atom is 0.339 e. The predicted octanol–water partition coefficient (Wildman–Crippen LogP) is 5.05. The summed E-state index contributed by atoms with van der Waals surface area (Å²) in [5.41, 5.74) is 4.12. The van der Waals surface area contributed by atoms with Gasteiger partial charge in [-0.25, -0.2) is 14.2 Å². The molecular weight excluding hydrogens is 343 g/mol. The lowest BCUT2D eigenvalue weighted by molar-refractivity contribution is 0.0600. The molecule has 0 atom stereocenters. The van der Waals surface area contributed by atoms with Crippen LogP contribution in [0.25, 0.3) is 16.9 Å². The van der Waals surface area contributed by atoms with Crippen molar-refractivity contribution in [1.82, 2.24) is 9.38 Å². The molecule has 1 aliphatic rings. The highest BCUT2D eigenvalue weighted by atomic mass is 19.1. The van der Waals surface area contributed by atoms with Crippen LogP contribution in [0.3, 0.4) is 0 Å². The zero-order valence-corrected chi connectivity index (χ0v) is 15.5. The Balaban J connectivity index is 1.83. The van der Waals surface area contributed by atoms with Crippen molar-refractivity contribution >= 4 is 11.6 Å². The number of carbonyl (C=O) groups is 1. The van der Waals surface area contributed by atoms with E-state index in [-0.39, 0.29) is 11.8 Å². The van der Waals surface area contributed by atoms with Gasteiger partial charge in [0, 0.05) is 11.8 Å². The minimum atomic E-state index is -0.363. The molecule has 4 rings (SSSR count). The monoisotopic (exact) mass is 366 g/mol. The predicted molar refractivity (Wildman–Crippen MR) is 102 cm³/mol. The van der Waals surface area contributed by atoms with Crippen LogP contribution in [0.4, 0.5) is 4.39 Å². The Morgan fingerprint density at radius 3 is 2.59 bits per heavy atom. The largest absolute Gasteiger partial charge is 0.465 e. The average molecular weight is 366 g/mol. The van der Waals surface area contributed by atoms with Crippen molar-refractivity contribution in [3.8, 4) is 11.3 Å². The second kappa shape index (κ2) is 7.51. The Kier molecular flexibility index (Phi) is 4.92. The molecule has 140 valence electrons. The van der Waals surface area contributed by atoms with E-state index >= 15 is 0 Å². The molecule has 0 spiro atoms. The lowest BCUT2D eigenvalue weighted by Gasteiger charge is -2.21. The van der Waals surface area contributed by atoms with Crippen molar-refractivity contribution in [3.05, 3.63) is 59.7 Å². The number of methoxy groups -OCH3 is 1. The number of carbonyl (C=O) groups excluding carboxylic acids is 1. The molecule has 0 aliphatic heterocycles. The summed E-state index contributed by atoms with van der Waals surface area (Å²) in [5.74, 6) is -0.0125. The lowest BCUT2D eigenvalue weighted by atomic mass is 9.85. The minimum Gasteiger partial charge on any atom is -0.465 e. The molecule has 0 bridgehead atoms. The van der Waals surface area contributed by atoms with Gasteiger partial charge < -0.3 is 9.14 Å². The van der Waals surface area contributed by atoms with Gasteiger partial charge in [-0.15, -0.1) is 0 Å². The Bertz CT molecular complexity index is 956. The normalized spacial score (nSPS) is 15.2. The first-order valence-corrected chi connectivity index (χ1v) is 9.51. The van der Waals surface area contributed by atoms with Gasteiger partial charge in [0.25, 0.3) is 0 Å². The summed E-state index contributed by atoms with van der Waals surface area (Å²) in [6.07, 6.45) is 8.97. The summed E-state index contributed by atoms with van der Waals surface area (Å²) >= 11 is 0. The van der Waals surface area contributed by atoms with Gasteiger partial charge in [0.2, 0.25) is 0 Å². The molecular formula is C22H23FN2O2. The van der Waals surface area contributed by atoms with E-state index in [4.69, 9.17) is 9.72 Å². The van der Waals surface area contributed by atoms with Crippen molar-refractivity contribution in [3.63, 3.8) is 0 Å².